The molecule has 6 aromatic carbocycles. The Morgan fingerprint density at radius 2 is 1.04 bits per heavy atom. The summed E-state index contributed by atoms with van der Waals surface area (Å²) < 4.78 is 6.27. The van der Waals surface area contributed by atoms with Gasteiger partial charge in [0, 0.05) is 32.8 Å². The molecular weight excluding hydrogens is 552 g/mol. The third kappa shape index (κ3) is 4.41. The van der Waals surface area contributed by atoms with Gasteiger partial charge in [-0.25, -0.2) is 19.9 Å². The Bertz CT molecular complexity index is 2540. The van der Waals surface area contributed by atoms with Crippen LogP contribution in [0.2, 0.25) is 0 Å². The first kappa shape index (κ1) is 25.3. The minimum Gasteiger partial charge on any atom is -0.438 e. The van der Waals surface area contributed by atoms with Crippen LogP contribution in [0.15, 0.2) is 150 Å². The molecule has 210 valence electrons. The Hall–Kier alpha value is -6.20. The molecule has 0 amide bonds. The first-order valence-electron chi connectivity index (χ1n) is 14.9. The topological polar surface area (TPSA) is 64.7 Å². The quantitative estimate of drug-likeness (QED) is 0.209. The van der Waals surface area contributed by atoms with E-state index in [-0.39, 0.29) is 0 Å². The van der Waals surface area contributed by atoms with E-state index in [1.54, 1.807) is 0 Å². The summed E-state index contributed by atoms with van der Waals surface area (Å²) in [4.78, 5) is 20.0. The minimum absolute atomic E-state index is 0.580. The highest BCUT2D eigenvalue weighted by Crippen LogP contribution is 2.37. The second kappa shape index (κ2) is 10.2. The molecule has 0 bridgehead atoms. The molecule has 5 heteroatoms. The molecule has 0 saturated carbocycles. The summed E-state index contributed by atoms with van der Waals surface area (Å²) in [6.07, 6.45) is 0. The van der Waals surface area contributed by atoms with Gasteiger partial charge in [0.05, 0.1) is 5.52 Å². The van der Waals surface area contributed by atoms with Gasteiger partial charge in [-0.2, -0.15) is 0 Å². The second-order valence-electron chi connectivity index (χ2n) is 11.1. The lowest BCUT2D eigenvalue weighted by Gasteiger charge is -2.10. The van der Waals surface area contributed by atoms with Gasteiger partial charge >= 0.3 is 0 Å². The molecule has 3 heterocycles. The lowest BCUT2D eigenvalue weighted by molar-refractivity contribution is 0.656. The van der Waals surface area contributed by atoms with E-state index in [2.05, 4.69) is 91.0 Å². The number of pyridine rings is 1. The molecular formula is C40H24N4O. The van der Waals surface area contributed by atoms with E-state index in [1.165, 1.54) is 5.39 Å². The number of fused-ring (bicyclic) bond motifs is 5. The van der Waals surface area contributed by atoms with Crippen molar-refractivity contribution in [2.75, 3.05) is 0 Å². The van der Waals surface area contributed by atoms with Crippen molar-refractivity contribution in [2.45, 2.75) is 0 Å². The summed E-state index contributed by atoms with van der Waals surface area (Å²) in [5.41, 5.74) is 7.24. The third-order valence-electron chi connectivity index (χ3n) is 8.33. The van der Waals surface area contributed by atoms with Crippen LogP contribution in [-0.2, 0) is 0 Å². The fourth-order valence-electron chi connectivity index (χ4n) is 6.07. The molecule has 0 unspecified atom stereocenters. The van der Waals surface area contributed by atoms with Crippen molar-refractivity contribution in [3.05, 3.63) is 146 Å². The Morgan fingerprint density at radius 1 is 0.400 bits per heavy atom. The van der Waals surface area contributed by atoms with Gasteiger partial charge in [0.1, 0.15) is 5.58 Å². The summed E-state index contributed by atoms with van der Waals surface area (Å²) in [6.45, 7) is 0. The zero-order chi connectivity index (χ0) is 29.7. The average molecular weight is 577 g/mol. The van der Waals surface area contributed by atoms with Crippen LogP contribution in [-0.4, -0.2) is 19.9 Å². The van der Waals surface area contributed by atoms with Gasteiger partial charge in [0.25, 0.3) is 0 Å². The van der Waals surface area contributed by atoms with E-state index in [0.29, 0.717) is 23.2 Å². The minimum atomic E-state index is 0.580. The van der Waals surface area contributed by atoms with Gasteiger partial charge in [-0.15, -0.1) is 0 Å². The van der Waals surface area contributed by atoms with Crippen LogP contribution in [0.3, 0.4) is 0 Å². The molecule has 9 rings (SSSR count). The van der Waals surface area contributed by atoms with Crippen LogP contribution in [0.1, 0.15) is 0 Å². The van der Waals surface area contributed by atoms with Gasteiger partial charge in [0.2, 0.25) is 5.71 Å². The van der Waals surface area contributed by atoms with Crippen molar-refractivity contribution in [3.8, 4) is 45.3 Å². The first-order valence-corrected chi connectivity index (χ1v) is 14.9. The van der Waals surface area contributed by atoms with Crippen molar-refractivity contribution in [1.29, 1.82) is 0 Å². The molecule has 3 aromatic heterocycles. The first-order chi connectivity index (χ1) is 22.3. The van der Waals surface area contributed by atoms with Crippen molar-refractivity contribution in [3.63, 3.8) is 0 Å². The lowest BCUT2D eigenvalue weighted by Crippen LogP contribution is -2.00. The molecule has 0 aliphatic carbocycles. The fourth-order valence-corrected chi connectivity index (χ4v) is 6.07. The van der Waals surface area contributed by atoms with Crippen LogP contribution in [0, 0.1) is 0 Å². The molecule has 0 aliphatic heterocycles. The predicted octanol–water partition coefficient (Wildman–Crippen LogP) is 10.1. The smallest absolute Gasteiger partial charge is 0.227 e. The van der Waals surface area contributed by atoms with Gasteiger partial charge in [-0.1, -0.05) is 121 Å². The largest absolute Gasteiger partial charge is 0.438 e. The predicted molar refractivity (Wildman–Crippen MR) is 182 cm³/mol. The van der Waals surface area contributed by atoms with Crippen LogP contribution >= 0.6 is 0 Å². The highest BCUT2D eigenvalue weighted by atomic mass is 16.3. The van der Waals surface area contributed by atoms with E-state index in [1.807, 2.05) is 54.6 Å². The molecule has 5 nitrogen and oxygen atoms in total. The van der Waals surface area contributed by atoms with Crippen molar-refractivity contribution < 1.29 is 4.42 Å². The van der Waals surface area contributed by atoms with E-state index >= 15 is 0 Å². The number of hydrogen-bond donors (Lipinski definition) is 0. The van der Waals surface area contributed by atoms with Crippen molar-refractivity contribution in [2.24, 2.45) is 0 Å². The summed E-state index contributed by atoms with van der Waals surface area (Å²) in [6, 6.07) is 49.6. The standard InChI is InChI=1S/C40H24N4O/c1-2-9-25(10-3-1)27-17-20-28(21-18-27)37-42-38(31-22-19-26-11-4-5-12-29(26)23-31)44-39(43-37)32-14-8-16-35-36(32)33-24-30-13-6-7-15-34(30)41-40(33)45-35/h1-24H. The number of nitrogens with zero attached hydrogens (tertiary/aromatic N) is 4. The second-order valence-corrected chi connectivity index (χ2v) is 11.1. The number of aromatic nitrogens is 4. The Morgan fingerprint density at radius 3 is 1.89 bits per heavy atom. The summed E-state index contributed by atoms with van der Waals surface area (Å²) in [5.74, 6) is 1.80. The van der Waals surface area contributed by atoms with Crippen LogP contribution in [0.4, 0.5) is 0 Å². The molecule has 0 fully saturated rings. The molecule has 0 atom stereocenters. The summed E-state index contributed by atoms with van der Waals surface area (Å²) >= 11 is 0. The molecule has 0 saturated heterocycles. The Balaban J connectivity index is 1.26. The number of benzene rings is 6. The molecule has 45 heavy (non-hydrogen) atoms. The zero-order valence-corrected chi connectivity index (χ0v) is 24.1. The SMILES string of the molecule is c1ccc(-c2ccc(-c3nc(-c4ccc5ccccc5c4)nc(-c4cccc5oc6nc7ccccc7cc6c45)n3)cc2)cc1. The van der Waals surface area contributed by atoms with Crippen molar-refractivity contribution >= 4 is 43.7 Å². The van der Waals surface area contributed by atoms with E-state index in [4.69, 9.17) is 24.4 Å². The lowest BCUT2D eigenvalue weighted by atomic mass is 10.0. The Kier molecular flexibility index (Phi) is 5.74. The number of hydrogen-bond acceptors (Lipinski definition) is 5. The Labute approximate surface area is 258 Å². The maximum absolute atomic E-state index is 6.27. The summed E-state index contributed by atoms with van der Waals surface area (Å²) in [5, 5.41) is 5.22. The van der Waals surface area contributed by atoms with Crippen molar-refractivity contribution in [1.82, 2.24) is 19.9 Å². The number of rotatable bonds is 4. The zero-order valence-electron chi connectivity index (χ0n) is 24.1. The monoisotopic (exact) mass is 576 g/mol. The molecule has 0 aliphatic rings. The molecule has 0 N–H and O–H groups in total. The fraction of sp³-hybridized carbons (Fsp3) is 0. The van der Waals surface area contributed by atoms with Crippen LogP contribution in [0.25, 0.3) is 89.0 Å². The van der Waals surface area contributed by atoms with Gasteiger partial charge < -0.3 is 4.42 Å². The number of para-hydroxylation sites is 1. The normalized spacial score (nSPS) is 11.6. The van der Waals surface area contributed by atoms with Crippen LogP contribution < -0.4 is 0 Å². The highest BCUT2D eigenvalue weighted by molar-refractivity contribution is 6.13. The van der Waals surface area contributed by atoms with E-state index in [9.17, 15) is 0 Å². The highest BCUT2D eigenvalue weighted by Gasteiger charge is 2.19. The van der Waals surface area contributed by atoms with Crippen LogP contribution in [0.5, 0.6) is 0 Å². The van der Waals surface area contributed by atoms with Gasteiger partial charge in [-0.3, -0.25) is 0 Å². The maximum atomic E-state index is 6.27. The third-order valence-corrected chi connectivity index (χ3v) is 8.33. The molecule has 0 radical (unpaired) electrons. The molecule has 0 spiro atoms. The molecule has 9 aromatic rings. The summed E-state index contributed by atoms with van der Waals surface area (Å²) in [7, 11) is 0. The number of furan rings is 1. The van der Waals surface area contributed by atoms with E-state index < -0.39 is 0 Å². The van der Waals surface area contributed by atoms with Gasteiger partial charge in [0.15, 0.2) is 17.5 Å². The maximum Gasteiger partial charge on any atom is 0.227 e. The average Bonchev–Trinajstić information content (AvgIpc) is 3.48. The van der Waals surface area contributed by atoms with Gasteiger partial charge in [-0.05, 0) is 46.2 Å². The van der Waals surface area contributed by atoms with E-state index in [0.717, 1.165) is 60.5 Å².